The molecule has 1 aromatic heterocycles. The summed E-state index contributed by atoms with van der Waals surface area (Å²) in [6.45, 7) is 4.91. The second kappa shape index (κ2) is 6.33. The highest BCUT2D eigenvalue weighted by Crippen LogP contribution is 2.38. The average Bonchev–Trinajstić information content (AvgIpc) is 3.21. The number of benzene rings is 1. The van der Waals surface area contributed by atoms with E-state index in [1.165, 1.54) is 21.7 Å². The van der Waals surface area contributed by atoms with Crippen molar-refractivity contribution in [2.24, 2.45) is 0 Å². The van der Waals surface area contributed by atoms with E-state index in [0.29, 0.717) is 25.5 Å². The van der Waals surface area contributed by atoms with E-state index >= 15 is 0 Å². The van der Waals surface area contributed by atoms with E-state index in [1.807, 2.05) is 13.0 Å². The van der Waals surface area contributed by atoms with Crippen LogP contribution < -0.4 is 4.74 Å². The number of nitrogens with zero attached hydrogens (tertiary/aromatic N) is 3. The fourth-order valence-corrected chi connectivity index (χ4v) is 4.05. The summed E-state index contributed by atoms with van der Waals surface area (Å²) in [7, 11) is -3.28. The molecule has 140 valence electrons. The van der Waals surface area contributed by atoms with Crippen LogP contribution in [0, 0.1) is 13.8 Å². The van der Waals surface area contributed by atoms with Crippen molar-refractivity contribution in [1.82, 2.24) is 14.5 Å². The van der Waals surface area contributed by atoms with E-state index in [2.05, 4.69) is 23.2 Å². The summed E-state index contributed by atoms with van der Waals surface area (Å²) in [6.07, 6.45) is 0.955. The van der Waals surface area contributed by atoms with Gasteiger partial charge in [0.1, 0.15) is 11.9 Å². The Bertz CT molecular complexity index is 909. The van der Waals surface area contributed by atoms with Crippen molar-refractivity contribution < 1.29 is 22.3 Å². The minimum Gasteiger partial charge on any atom is -0.480 e. The van der Waals surface area contributed by atoms with Crippen molar-refractivity contribution >= 4 is 10.0 Å². The van der Waals surface area contributed by atoms with Crippen LogP contribution in [0.2, 0.25) is 0 Å². The Kier molecular flexibility index (Phi) is 4.25. The van der Waals surface area contributed by atoms with Gasteiger partial charge in [-0.25, -0.2) is 8.42 Å². The van der Waals surface area contributed by atoms with Crippen LogP contribution in [0.25, 0.3) is 0 Å². The largest absolute Gasteiger partial charge is 0.480 e. The van der Waals surface area contributed by atoms with Gasteiger partial charge in [0.15, 0.2) is 6.10 Å². The van der Waals surface area contributed by atoms with Crippen molar-refractivity contribution in [3.8, 4) is 5.75 Å². The number of aryl methyl sites for hydroxylation is 2. The second-order valence-corrected chi connectivity index (χ2v) is 8.80. The van der Waals surface area contributed by atoms with Crippen molar-refractivity contribution in [2.75, 3.05) is 26.0 Å². The van der Waals surface area contributed by atoms with Crippen LogP contribution in [-0.2, 0) is 21.2 Å². The maximum absolute atomic E-state index is 11.7. The first-order chi connectivity index (χ1) is 12.3. The van der Waals surface area contributed by atoms with Crippen LogP contribution in [0.4, 0.5) is 0 Å². The molecule has 0 N–H and O–H groups in total. The molecule has 1 saturated heterocycles. The average molecular weight is 379 g/mol. The van der Waals surface area contributed by atoms with E-state index < -0.39 is 16.1 Å². The van der Waals surface area contributed by atoms with Gasteiger partial charge in [0, 0.05) is 19.5 Å². The molecule has 2 aliphatic rings. The Morgan fingerprint density at radius 1 is 1.12 bits per heavy atom. The van der Waals surface area contributed by atoms with Crippen LogP contribution in [0.1, 0.15) is 40.7 Å². The Morgan fingerprint density at radius 2 is 1.81 bits per heavy atom. The Labute approximate surface area is 152 Å². The lowest BCUT2D eigenvalue weighted by atomic mass is 10.0. The van der Waals surface area contributed by atoms with Gasteiger partial charge in [-0.3, -0.25) is 0 Å². The molecule has 8 nitrogen and oxygen atoms in total. The molecule has 1 aromatic carbocycles. The molecule has 0 saturated carbocycles. The number of ether oxygens (including phenoxy) is 2. The van der Waals surface area contributed by atoms with E-state index in [4.69, 9.17) is 13.9 Å². The summed E-state index contributed by atoms with van der Waals surface area (Å²) in [5.74, 6) is 1.50. The second-order valence-electron chi connectivity index (χ2n) is 6.81. The van der Waals surface area contributed by atoms with E-state index in [1.54, 1.807) is 0 Å². The zero-order valence-corrected chi connectivity index (χ0v) is 15.7. The van der Waals surface area contributed by atoms with Gasteiger partial charge in [-0.2, -0.15) is 4.31 Å². The highest BCUT2D eigenvalue weighted by molar-refractivity contribution is 7.88. The zero-order chi connectivity index (χ0) is 18.5. The minimum atomic E-state index is -3.28. The summed E-state index contributed by atoms with van der Waals surface area (Å²) in [5, 5.41) is 8.15. The molecule has 9 heteroatoms. The Hall–Kier alpha value is -1.97. The number of morpholine rings is 1. The first-order valence-electron chi connectivity index (χ1n) is 8.48. The van der Waals surface area contributed by atoms with Gasteiger partial charge in [-0.05, 0) is 36.6 Å². The molecule has 2 atom stereocenters. The van der Waals surface area contributed by atoms with Gasteiger partial charge in [0.05, 0.1) is 12.9 Å². The molecule has 0 aliphatic carbocycles. The molecule has 0 amide bonds. The molecule has 0 unspecified atom stereocenters. The molecule has 0 bridgehead atoms. The Morgan fingerprint density at radius 3 is 2.54 bits per heavy atom. The highest BCUT2D eigenvalue weighted by atomic mass is 32.2. The lowest BCUT2D eigenvalue weighted by Gasteiger charge is -2.29. The normalized spacial score (nSPS) is 23.7. The number of hydrogen-bond acceptors (Lipinski definition) is 7. The fraction of sp³-hybridized carbons (Fsp3) is 0.529. The molecule has 2 aromatic rings. The smallest absolute Gasteiger partial charge is 0.257 e. The number of rotatable bonds is 3. The van der Waals surface area contributed by atoms with Gasteiger partial charge < -0.3 is 13.9 Å². The summed E-state index contributed by atoms with van der Waals surface area (Å²) in [4.78, 5) is 0. The fourth-order valence-electron chi connectivity index (χ4n) is 3.23. The van der Waals surface area contributed by atoms with Crippen LogP contribution in [-0.4, -0.2) is 48.9 Å². The summed E-state index contributed by atoms with van der Waals surface area (Å²) in [6, 6.07) is 4.15. The summed E-state index contributed by atoms with van der Waals surface area (Å²) < 4.78 is 42.2. The van der Waals surface area contributed by atoms with Crippen molar-refractivity contribution in [1.29, 1.82) is 0 Å². The van der Waals surface area contributed by atoms with E-state index in [9.17, 15) is 8.42 Å². The van der Waals surface area contributed by atoms with Crippen molar-refractivity contribution in [2.45, 2.75) is 32.5 Å². The summed E-state index contributed by atoms with van der Waals surface area (Å²) in [5.41, 5.74) is 3.51. The van der Waals surface area contributed by atoms with Gasteiger partial charge in [-0.1, -0.05) is 6.07 Å². The molecule has 2 aliphatic heterocycles. The first kappa shape index (κ1) is 17.4. The topological polar surface area (TPSA) is 94.8 Å². The third-order valence-electron chi connectivity index (χ3n) is 4.86. The third-order valence-corrected chi connectivity index (χ3v) is 6.13. The molecular weight excluding hydrogens is 358 g/mol. The van der Waals surface area contributed by atoms with E-state index in [-0.39, 0.29) is 18.5 Å². The minimum absolute atomic E-state index is 0.171. The summed E-state index contributed by atoms with van der Waals surface area (Å²) >= 11 is 0. The molecule has 0 radical (unpaired) electrons. The quantitative estimate of drug-likeness (QED) is 0.801. The number of sulfonamides is 1. The first-order valence-corrected chi connectivity index (χ1v) is 10.3. The Balaban J connectivity index is 1.51. The van der Waals surface area contributed by atoms with Crippen molar-refractivity contribution in [3.05, 3.63) is 40.6 Å². The number of hydrogen-bond donors (Lipinski definition) is 0. The van der Waals surface area contributed by atoms with Crippen LogP contribution in [0.3, 0.4) is 0 Å². The monoisotopic (exact) mass is 379 g/mol. The maximum Gasteiger partial charge on any atom is 0.257 e. The van der Waals surface area contributed by atoms with Crippen LogP contribution in [0.5, 0.6) is 5.75 Å². The number of aromatic nitrogens is 2. The molecule has 1 fully saturated rings. The predicted octanol–water partition coefficient (Wildman–Crippen LogP) is 1.70. The van der Waals surface area contributed by atoms with Gasteiger partial charge in [0.25, 0.3) is 5.89 Å². The van der Waals surface area contributed by atoms with Crippen molar-refractivity contribution in [3.63, 3.8) is 0 Å². The predicted molar refractivity (Wildman–Crippen MR) is 92.4 cm³/mol. The molecule has 4 rings (SSSR count). The highest BCUT2D eigenvalue weighted by Gasteiger charge is 2.34. The molecular formula is C17H21N3O5S. The zero-order valence-electron chi connectivity index (χ0n) is 14.9. The van der Waals surface area contributed by atoms with Gasteiger partial charge in [0.2, 0.25) is 15.9 Å². The van der Waals surface area contributed by atoms with Gasteiger partial charge in [-0.15, -0.1) is 10.2 Å². The third kappa shape index (κ3) is 3.22. The molecule has 0 spiro atoms. The standard InChI is InChI=1S/C17H21N3O5S/c1-10-6-12-8-14(24-13(12)7-11(10)2)16-18-19-17(25-16)15-9-20(4-5-23-15)26(3,21)22/h6-7,14-15H,4-5,8-9H2,1-3H3/t14-,15-/m0/s1. The van der Waals surface area contributed by atoms with Crippen LogP contribution >= 0.6 is 0 Å². The molecule has 3 heterocycles. The van der Waals surface area contributed by atoms with E-state index in [0.717, 1.165) is 11.3 Å². The number of fused-ring (bicyclic) bond motifs is 1. The SMILES string of the molecule is Cc1cc2c(cc1C)O[C@H](c1nnc([C@@H]3CN(S(C)(=O)=O)CCO3)o1)C2. The lowest BCUT2D eigenvalue weighted by molar-refractivity contribution is -0.0184. The lowest BCUT2D eigenvalue weighted by Crippen LogP contribution is -2.41. The maximum atomic E-state index is 11.7. The molecule has 26 heavy (non-hydrogen) atoms. The van der Waals surface area contributed by atoms with Crippen LogP contribution in [0.15, 0.2) is 16.5 Å². The van der Waals surface area contributed by atoms with Gasteiger partial charge >= 0.3 is 0 Å².